The molecular weight excluding hydrogens is 329 g/mol. The molecule has 6 heteroatoms. The minimum Gasteiger partial charge on any atom is -0.379 e. The van der Waals surface area contributed by atoms with Crippen molar-refractivity contribution in [3.05, 3.63) is 59.4 Å². The Kier molecular flexibility index (Phi) is 4.87. The number of rotatable bonds is 4. The summed E-state index contributed by atoms with van der Waals surface area (Å²) in [6.45, 7) is 3.78. The Hall–Kier alpha value is -1.92. The molecule has 24 heavy (non-hydrogen) atoms. The fourth-order valence-electron chi connectivity index (χ4n) is 3.09. The van der Waals surface area contributed by atoms with E-state index in [9.17, 15) is 12.8 Å². The molecule has 4 nitrogen and oxygen atoms in total. The third-order valence-corrected chi connectivity index (χ3v) is 5.62. The zero-order valence-electron chi connectivity index (χ0n) is 13.5. The number of halogens is 1. The van der Waals surface area contributed by atoms with Crippen molar-refractivity contribution >= 4 is 10.1 Å². The van der Waals surface area contributed by atoms with Crippen LogP contribution < -0.4 is 9.50 Å². The highest BCUT2D eigenvalue weighted by Gasteiger charge is 2.22. The SMILES string of the molecule is Cc1c(OS(=O)(=O)c2cccc(F)c2)cccc1C1CCNCC1. The predicted molar refractivity (Wildman–Crippen MR) is 90.2 cm³/mol. The molecule has 128 valence electrons. The summed E-state index contributed by atoms with van der Waals surface area (Å²) in [5.41, 5.74) is 1.94. The molecule has 1 heterocycles. The van der Waals surface area contributed by atoms with Crippen LogP contribution in [0.25, 0.3) is 0 Å². The van der Waals surface area contributed by atoms with Gasteiger partial charge in [0.25, 0.3) is 0 Å². The molecule has 0 spiro atoms. The molecule has 0 bridgehead atoms. The molecule has 2 aromatic carbocycles. The van der Waals surface area contributed by atoms with Crippen molar-refractivity contribution < 1.29 is 17.0 Å². The van der Waals surface area contributed by atoms with Crippen LogP contribution in [0.15, 0.2) is 47.4 Å². The van der Waals surface area contributed by atoms with Crippen LogP contribution >= 0.6 is 0 Å². The molecule has 2 aromatic rings. The lowest BCUT2D eigenvalue weighted by Crippen LogP contribution is -2.27. The van der Waals surface area contributed by atoms with Crippen molar-refractivity contribution in [3.63, 3.8) is 0 Å². The maximum Gasteiger partial charge on any atom is 0.339 e. The van der Waals surface area contributed by atoms with E-state index in [0.717, 1.165) is 43.1 Å². The Morgan fingerprint density at radius 3 is 2.54 bits per heavy atom. The zero-order chi connectivity index (χ0) is 17.2. The van der Waals surface area contributed by atoms with Gasteiger partial charge in [0.05, 0.1) is 0 Å². The van der Waals surface area contributed by atoms with Crippen LogP contribution in [0.2, 0.25) is 0 Å². The van der Waals surface area contributed by atoms with Crippen LogP contribution in [-0.4, -0.2) is 21.5 Å². The van der Waals surface area contributed by atoms with E-state index < -0.39 is 15.9 Å². The lowest BCUT2D eigenvalue weighted by Gasteiger charge is -2.25. The maximum atomic E-state index is 13.3. The van der Waals surface area contributed by atoms with Crippen LogP contribution in [0.1, 0.15) is 29.9 Å². The summed E-state index contributed by atoms with van der Waals surface area (Å²) in [5, 5.41) is 3.32. The monoisotopic (exact) mass is 349 g/mol. The Bertz CT molecular complexity index is 830. The molecule has 1 fully saturated rings. The van der Waals surface area contributed by atoms with E-state index in [0.29, 0.717) is 11.7 Å². The van der Waals surface area contributed by atoms with Gasteiger partial charge in [-0.2, -0.15) is 8.42 Å². The van der Waals surface area contributed by atoms with E-state index in [1.54, 1.807) is 12.1 Å². The first kappa shape index (κ1) is 16.9. The van der Waals surface area contributed by atoms with E-state index in [4.69, 9.17) is 4.18 Å². The topological polar surface area (TPSA) is 55.4 Å². The van der Waals surface area contributed by atoms with Gasteiger partial charge in [-0.05, 0) is 74.2 Å². The quantitative estimate of drug-likeness (QED) is 0.860. The first-order chi connectivity index (χ1) is 11.5. The normalized spacial score (nSPS) is 16.1. The molecule has 0 aliphatic carbocycles. The predicted octanol–water partition coefficient (Wildman–Crippen LogP) is 3.37. The smallest absolute Gasteiger partial charge is 0.339 e. The Morgan fingerprint density at radius 1 is 1.12 bits per heavy atom. The van der Waals surface area contributed by atoms with Crippen LogP contribution in [-0.2, 0) is 10.1 Å². The summed E-state index contributed by atoms with van der Waals surface area (Å²) in [7, 11) is -4.06. The Morgan fingerprint density at radius 2 is 1.83 bits per heavy atom. The number of nitrogens with one attached hydrogen (secondary N) is 1. The molecule has 0 saturated carbocycles. The van der Waals surface area contributed by atoms with Crippen molar-refractivity contribution in [2.45, 2.75) is 30.6 Å². The van der Waals surface area contributed by atoms with Crippen LogP contribution in [0.4, 0.5) is 4.39 Å². The molecule has 0 amide bonds. The summed E-state index contributed by atoms with van der Waals surface area (Å²) in [6, 6.07) is 10.3. The van der Waals surface area contributed by atoms with E-state index >= 15 is 0 Å². The van der Waals surface area contributed by atoms with Crippen molar-refractivity contribution in [2.75, 3.05) is 13.1 Å². The van der Waals surface area contributed by atoms with Gasteiger partial charge in [0.15, 0.2) is 0 Å². The first-order valence-electron chi connectivity index (χ1n) is 7.97. The summed E-state index contributed by atoms with van der Waals surface area (Å²) in [5.74, 6) is 0.0850. The second-order valence-electron chi connectivity index (χ2n) is 5.99. The lowest BCUT2D eigenvalue weighted by atomic mass is 9.87. The molecule has 0 aromatic heterocycles. The number of piperidine rings is 1. The van der Waals surface area contributed by atoms with Crippen LogP contribution in [0.5, 0.6) is 5.75 Å². The number of benzene rings is 2. The largest absolute Gasteiger partial charge is 0.379 e. The van der Waals surface area contributed by atoms with E-state index in [-0.39, 0.29) is 4.90 Å². The Labute approximate surface area is 141 Å². The highest BCUT2D eigenvalue weighted by Crippen LogP contribution is 2.33. The van der Waals surface area contributed by atoms with Gasteiger partial charge in [0.1, 0.15) is 16.5 Å². The number of hydrogen-bond donors (Lipinski definition) is 1. The minimum atomic E-state index is -4.06. The number of hydrogen-bond acceptors (Lipinski definition) is 4. The summed E-state index contributed by atoms with van der Waals surface area (Å²) in [6.07, 6.45) is 2.03. The molecule has 3 rings (SSSR count). The first-order valence-corrected chi connectivity index (χ1v) is 9.38. The molecule has 1 N–H and O–H groups in total. The molecule has 0 radical (unpaired) electrons. The molecule has 0 unspecified atom stereocenters. The zero-order valence-corrected chi connectivity index (χ0v) is 14.3. The van der Waals surface area contributed by atoms with Crippen LogP contribution in [0.3, 0.4) is 0 Å². The second kappa shape index (κ2) is 6.91. The van der Waals surface area contributed by atoms with Crippen molar-refractivity contribution in [1.29, 1.82) is 0 Å². The molecule has 1 aliphatic heterocycles. The van der Waals surface area contributed by atoms with Gasteiger partial charge in [-0.3, -0.25) is 0 Å². The van der Waals surface area contributed by atoms with Gasteiger partial charge in [-0.15, -0.1) is 0 Å². The molecule has 1 saturated heterocycles. The van der Waals surface area contributed by atoms with E-state index in [2.05, 4.69) is 5.32 Å². The van der Waals surface area contributed by atoms with Gasteiger partial charge in [0, 0.05) is 0 Å². The van der Waals surface area contributed by atoms with Gasteiger partial charge in [0.2, 0.25) is 0 Å². The van der Waals surface area contributed by atoms with Gasteiger partial charge in [-0.1, -0.05) is 18.2 Å². The summed E-state index contributed by atoms with van der Waals surface area (Å²) < 4.78 is 43.4. The standard InChI is InChI=1S/C18H20FNO3S/c1-13-17(14-8-10-20-11-9-14)6-3-7-18(13)23-24(21,22)16-5-2-4-15(19)12-16/h2-7,12,14,20H,8-11H2,1H3. The molecule has 1 aliphatic rings. The van der Waals surface area contributed by atoms with E-state index in [1.807, 2.05) is 13.0 Å². The third kappa shape index (κ3) is 3.60. The average molecular weight is 349 g/mol. The fourth-order valence-corrected chi connectivity index (χ4v) is 4.10. The van der Waals surface area contributed by atoms with Gasteiger partial charge in [-0.25, -0.2) is 4.39 Å². The highest BCUT2D eigenvalue weighted by atomic mass is 32.2. The van der Waals surface area contributed by atoms with Gasteiger partial charge >= 0.3 is 10.1 Å². The second-order valence-corrected chi connectivity index (χ2v) is 7.54. The summed E-state index contributed by atoms with van der Waals surface area (Å²) >= 11 is 0. The maximum absolute atomic E-state index is 13.3. The molecule has 0 atom stereocenters. The van der Waals surface area contributed by atoms with Crippen molar-refractivity contribution in [3.8, 4) is 5.75 Å². The van der Waals surface area contributed by atoms with Gasteiger partial charge < -0.3 is 9.50 Å². The average Bonchev–Trinajstić information content (AvgIpc) is 2.57. The fraction of sp³-hybridized carbons (Fsp3) is 0.333. The van der Waals surface area contributed by atoms with Crippen LogP contribution in [0, 0.1) is 12.7 Å². The Balaban J connectivity index is 1.90. The van der Waals surface area contributed by atoms with Crippen molar-refractivity contribution in [1.82, 2.24) is 5.32 Å². The minimum absolute atomic E-state index is 0.186. The van der Waals surface area contributed by atoms with E-state index in [1.165, 1.54) is 18.2 Å². The third-order valence-electron chi connectivity index (χ3n) is 4.39. The van der Waals surface area contributed by atoms with Crippen molar-refractivity contribution in [2.24, 2.45) is 0 Å². The highest BCUT2D eigenvalue weighted by molar-refractivity contribution is 7.87. The summed E-state index contributed by atoms with van der Waals surface area (Å²) in [4.78, 5) is -0.186. The molecular formula is C18H20FNO3S. The lowest BCUT2D eigenvalue weighted by molar-refractivity contribution is 0.454.